The third-order valence-electron chi connectivity index (χ3n) is 3.95. The molecule has 1 aromatic heterocycles. The highest BCUT2D eigenvalue weighted by Crippen LogP contribution is 2.26. The Kier molecular flexibility index (Phi) is 2.92. The molecule has 1 aliphatic heterocycles. The SMILES string of the molecule is CC1CCCN1Cc1ccc(N)c2cccnc12. The zero-order valence-corrected chi connectivity index (χ0v) is 10.8. The maximum atomic E-state index is 6.01. The number of hydrogen-bond acceptors (Lipinski definition) is 3. The Morgan fingerprint density at radius 3 is 3.06 bits per heavy atom. The lowest BCUT2D eigenvalue weighted by atomic mass is 10.1. The van der Waals surface area contributed by atoms with Gasteiger partial charge in [0, 0.05) is 29.9 Å². The van der Waals surface area contributed by atoms with Crippen LogP contribution in [0, 0.1) is 0 Å². The van der Waals surface area contributed by atoms with Gasteiger partial charge in [0.1, 0.15) is 0 Å². The molecule has 0 bridgehead atoms. The minimum Gasteiger partial charge on any atom is -0.398 e. The average Bonchev–Trinajstić information content (AvgIpc) is 2.79. The maximum Gasteiger partial charge on any atom is 0.0767 e. The van der Waals surface area contributed by atoms with Gasteiger partial charge in [0.25, 0.3) is 0 Å². The van der Waals surface area contributed by atoms with Crippen molar-refractivity contribution in [3.8, 4) is 0 Å². The van der Waals surface area contributed by atoms with Crippen molar-refractivity contribution in [2.75, 3.05) is 12.3 Å². The summed E-state index contributed by atoms with van der Waals surface area (Å²) in [7, 11) is 0. The second kappa shape index (κ2) is 4.58. The summed E-state index contributed by atoms with van der Waals surface area (Å²) in [6, 6.07) is 8.80. The van der Waals surface area contributed by atoms with Gasteiger partial charge >= 0.3 is 0 Å². The lowest BCUT2D eigenvalue weighted by Gasteiger charge is -2.21. The van der Waals surface area contributed by atoms with E-state index in [1.54, 1.807) is 0 Å². The molecule has 2 N–H and O–H groups in total. The van der Waals surface area contributed by atoms with Crippen molar-refractivity contribution >= 4 is 16.6 Å². The molecule has 0 saturated carbocycles. The predicted molar refractivity (Wildman–Crippen MR) is 75.3 cm³/mol. The van der Waals surface area contributed by atoms with Crippen LogP contribution in [0.25, 0.3) is 10.9 Å². The van der Waals surface area contributed by atoms with E-state index < -0.39 is 0 Å². The molecule has 0 amide bonds. The van der Waals surface area contributed by atoms with E-state index in [0.29, 0.717) is 6.04 Å². The van der Waals surface area contributed by atoms with Gasteiger partial charge in [0.15, 0.2) is 0 Å². The molecule has 0 spiro atoms. The number of hydrogen-bond donors (Lipinski definition) is 1. The third-order valence-corrected chi connectivity index (χ3v) is 3.95. The van der Waals surface area contributed by atoms with Crippen molar-refractivity contribution in [2.45, 2.75) is 32.4 Å². The number of aromatic nitrogens is 1. The van der Waals surface area contributed by atoms with Gasteiger partial charge in [0.05, 0.1) is 5.52 Å². The molecule has 1 unspecified atom stereocenters. The summed E-state index contributed by atoms with van der Waals surface area (Å²) in [5, 5.41) is 1.07. The number of nitrogens with two attached hydrogens (primary N) is 1. The Hall–Kier alpha value is -1.61. The van der Waals surface area contributed by atoms with Crippen molar-refractivity contribution in [3.05, 3.63) is 36.0 Å². The van der Waals surface area contributed by atoms with Gasteiger partial charge in [-0.2, -0.15) is 0 Å². The van der Waals surface area contributed by atoms with Crippen LogP contribution in [-0.2, 0) is 6.54 Å². The molecule has 1 aliphatic rings. The van der Waals surface area contributed by atoms with Crippen molar-refractivity contribution in [1.29, 1.82) is 0 Å². The molecule has 94 valence electrons. The Morgan fingerprint density at radius 2 is 2.28 bits per heavy atom. The Morgan fingerprint density at radius 1 is 1.39 bits per heavy atom. The molecular weight excluding hydrogens is 222 g/mol. The second-order valence-electron chi connectivity index (χ2n) is 5.18. The first-order valence-corrected chi connectivity index (χ1v) is 6.62. The van der Waals surface area contributed by atoms with Gasteiger partial charge in [-0.05, 0) is 50.1 Å². The predicted octanol–water partition coefficient (Wildman–Crippen LogP) is 2.80. The van der Waals surface area contributed by atoms with E-state index in [0.717, 1.165) is 23.1 Å². The molecule has 0 aliphatic carbocycles. The smallest absolute Gasteiger partial charge is 0.0767 e. The highest BCUT2D eigenvalue weighted by molar-refractivity contribution is 5.92. The van der Waals surface area contributed by atoms with Gasteiger partial charge in [-0.1, -0.05) is 6.07 Å². The van der Waals surface area contributed by atoms with Crippen LogP contribution in [-0.4, -0.2) is 22.5 Å². The normalized spacial score (nSPS) is 20.6. The summed E-state index contributed by atoms with van der Waals surface area (Å²) in [4.78, 5) is 7.03. The molecule has 18 heavy (non-hydrogen) atoms. The fraction of sp³-hybridized carbons (Fsp3) is 0.400. The standard InChI is InChI=1S/C15H19N3/c1-11-4-3-9-18(11)10-12-6-7-14(16)13-5-2-8-17-15(12)13/h2,5-8,11H,3-4,9-10,16H2,1H3. The van der Waals surface area contributed by atoms with E-state index in [1.165, 1.54) is 24.9 Å². The molecule has 3 nitrogen and oxygen atoms in total. The van der Waals surface area contributed by atoms with E-state index in [-0.39, 0.29) is 0 Å². The summed E-state index contributed by atoms with van der Waals surface area (Å²) in [6.45, 7) is 4.48. The van der Waals surface area contributed by atoms with Crippen molar-refractivity contribution in [1.82, 2.24) is 9.88 Å². The molecule has 3 heteroatoms. The van der Waals surface area contributed by atoms with Gasteiger partial charge in [0.2, 0.25) is 0 Å². The fourth-order valence-electron chi connectivity index (χ4n) is 2.83. The molecule has 1 aromatic carbocycles. The van der Waals surface area contributed by atoms with Crippen LogP contribution >= 0.6 is 0 Å². The first kappa shape index (κ1) is 11.5. The summed E-state index contributed by atoms with van der Waals surface area (Å²) in [5.74, 6) is 0. The minimum atomic E-state index is 0.682. The molecule has 0 radical (unpaired) electrons. The van der Waals surface area contributed by atoms with Crippen LogP contribution in [0.5, 0.6) is 0 Å². The number of pyridine rings is 1. The van der Waals surface area contributed by atoms with Crippen LogP contribution in [0.1, 0.15) is 25.3 Å². The molecule has 2 aromatic rings. The summed E-state index contributed by atoms with van der Waals surface area (Å²) >= 11 is 0. The topological polar surface area (TPSA) is 42.1 Å². The lowest BCUT2D eigenvalue weighted by Crippen LogP contribution is -2.26. The molecule has 3 rings (SSSR count). The van der Waals surface area contributed by atoms with Gasteiger partial charge < -0.3 is 5.73 Å². The first-order valence-electron chi connectivity index (χ1n) is 6.62. The number of nitrogen functional groups attached to an aromatic ring is 1. The molecule has 1 atom stereocenters. The minimum absolute atomic E-state index is 0.682. The Labute approximate surface area is 108 Å². The monoisotopic (exact) mass is 241 g/mol. The summed E-state index contributed by atoms with van der Waals surface area (Å²) in [5.41, 5.74) is 9.16. The van der Waals surface area contributed by atoms with Crippen molar-refractivity contribution in [3.63, 3.8) is 0 Å². The zero-order valence-electron chi connectivity index (χ0n) is 10.8. The van der Waals surface area contributed by atoms with Crippen molar-refractivity contribution < 1.29 is 0 Å². The van der Waals surface area contributed by atoms with Gasteiger partial charge in [-0.25, -0.2) is 0 Å². The lowest BCUT2D eigenvalue weighted by molar-refractivity contribution is 0.261. The van der Waals surface area contributed by atoms with Crippen molar-refractivity contribution in [2.24, 2.45) is 0 Å². The average molecular weight is 241 g/mol. The first-order chi connectivity index (χ1) is 8.75. The van der Waals surface area contributed by atoms with Crippen LogP contribution in [0.15, 0.2) is 30.5 Å². The number of nitrogens with zero attached hydrogens (tertiary/aromatic N) is 2. The number of rotatable bonds is 2. The Bertz CT molecular complexity index is 565. The molecule has 1 saturated heterocycles. The van der Waals surface area contributed by atoms with E-state index in [1.807, 2.05) is 18.3 Å². The van der Waals surface area contributed by atoms with E-state index >= 15 is 0 Å². The number of anilines is 1. The Balaban J connectivity index is 1.99. The number of likely N-dealkylation sites (tertiary alicyclic amines) is 1. The highest BCUT2D eigenvalue weighted by Gasteiger charge is 2.21. The zero-order chi connectivity index (χ0) is 12.5. The van der Waals surface area contributed by atoms with E-state index in [4.69, 9.17) is 5.73 Å². The summed E-state index contributed by atoms with van der Waals surface area (Å²) < 4.78 is 0. The fourth-order valence-corrected chi connectivity index (χ4v) is 2.83. The summed E-state index contributed by atoms with van der Waals surface area (Å²) in [6.07, 6.45) is 4.46. The molecule has 1 fully saturated rings. The number of benzene rings is 1. The van der Waals surface area contributed by atoms with Gasteiger partial charge in [-0.15, -0.1) is 0 Å². The van der Waals surface area contributed by atoms with Crippen LogP contribution in [0.3, 0.4) is 0 Å². The highest BCUT2D eigenvalue weighted by atomic mass is 15.2. The van der Waals surface area contributed by atoms with E-state index in [9.17, 15) is 0 Å². The van der Waals surface area contributed by atoms with E-state index in [2.05, 4.69) is 28.9 Å². The van der Waals surface area contributed by atoms with Crippen LogP contribution < -0.4 is 5.73 Å². The molecule has 2 heterocycles. The largest absolute Gasteiger partial charge is 0.398 e. The maximum absolute atomic E-state index is 6.01. The third kappa shape index (κ3) is 1.95. The molecular formula is C15H19N3. The quantitative estimate of drug-likeness (QED) is 0.822. The van der Waals surface area contributed by atoms with Crippen LogP contribution in [0.2, 0.25) is 0 Å². The van der Waals surface area contributed by atoms with Gasteiger partial charge in [-0.3, -0.25) is 9.88 Å². The number of fused-ring (bicyclic) bond motifs is 1. The van der Waals surface area contributed by atoms with Crippen LogP contribution in [0.4, 0.5) is 5.69 Å². The second-order valence-corrected chi connectivity index (χ2v) is 5.18.